The van der Waals surface area contributed by atoms with Crippen molar-refractivity contribution in [2.45, 2.75) is 0 Å². The predicted molar refractivity (Wildman–Crippen MR) is 137 cm³/mol. The number of aromatic nitrogens is 2. The molecule has 160 valence electrons. The van der Waals surface area contributed by atoms with Gasteiger partial charge in [-0.15, -0.1) is 0 Å². The molecule has 0 unspecified atom stereocenters. The first kappa shape index (κ1) is 21.7. The summed E-state index contributed by atoms with van der Waals surface area (Å²) in [6.45, 7) is 0. The van der Waals surface area contributed by atoms with Crippen molar-refractivity contribution in [3.05, 3.63) is 140 Å². The maximum atomic E-state index is 8.63. The van der Waals surface area contributed by atoms with Crippen LogP contribution < -0.4 is 0 Å². The molecule has 2 heterocycles. The molecule has 0 atom stereocenters. The Morgan fingerprint density at radius 2 is 1.06 bits per heavy atom. The SMILES string of the molecule is Oc1ccccc1.c1ccc(-c2nccc3ccccc23)cc1.c1ccc2ncccc2c1. The number of benzene rings is 4. The molecule has 6 aromatic rings. The van der Waals surface area contributed by atoms with Gasteiger partial charge >= 0.3 is 0 Å². The van der Waals surface area contributed by atoms with Crippen molar-refractivity contribution in [3.63, 3.8) is 0 Å². The maximum absolute atomic E-state index is 8.63. The zero-order valence-corrected chi connectivity index (χ0v) is 18.1. The number of para-hydroxylation sites is 2. The van der Waals surface area contributed by atoms with Gasteiger partial charge in [-0.05, 0) is 35.7 Å². The highest BCUT2D eigenvalue weighted by atomic mass is 16.3. The number of aromatic hydroxyl groups is 1. The van der Waals surface area contributed by atoms with Gasteiger partial charge in [-0.2, -0.15) is 0 Å². The van der Waals surface area contributed by atoms with E-state index >= 15 is 0 Å². The standard InChI is InChI=1S/C15H11N.C9H7N.C6H6O/c1-2-7-13(8-3-1)15-14-9-5-4-6-12(14)10-11-16-15;1-2-6-9-8(4-1)5-3-7-10-9;7-6-4-2-1-3-5-6/h1-11H;1-7H;1-5,7H. The van der Waals surface area contributed by atoms with Gasteiger partial charge in [0.15, 0.2) is 0 Å². The summed E-state index contributed by atoms with van der Waals surface area (Å²) in [5.74, 6) is 0.322. The van der Waals surface area contributed by atoms with Crippen molar-refractivity contribution in [3.8, 4) is 17.0 Å². The normalized spacial score (nSPS) is 9.94. The van der Waals surface area contributed by atoms with Gasteiger partial charge in [-0.25, -0.2) is 0 Å². The molecular weight excluding hydrogens is 404 g/mol. The van der Waals surface area contributed by atoms with Gasteiger partial charge in [0, 0.05) is 28.7 Å². The molecule has 0 saturated carbocycles. The molecule has 4 aromatic carbocycles. The summed E-state index contributed by atoms with van der Waals surface area (Å²) in [5.41, 5.74) is 3.28. The van der Waals surface area contributed by atoms with Crippen LogP contribution in [0, 0.1) is 0 Å². The van der Waals surface area contributed by atoms with Crippen LogP contribution in [-0.4, -0.2) is 15.1 Å². The Bertz CT molecular complexity index is 1350. The molecule has 0 spiro atoms. The Morgan fingerprint density at radius 1 is 0.455 bits per heavy atom. The molecule has 0 radical (unpaired) electrons. The van der Waals surface area contributed by atoms with Gasteiger partial charge in [-0.1, -0.05) is 97.1 Å². The van der Waals surface area contributed by atoms with E-state index in [0.717, 1.165) is 11.2 Å². The minimum Gasteiger partial charge on any atom is -0.508 e. The van der Waals surface area contributed by atoms with Crippen molar-refractivity contribution in [1.82, 2.24) is 9.97 Å². The minimum absolute atomic E-state index is 0.322. The van der Waals surface area contributed by atoms with Crippen LogP contribution in [-0.2, 0) is 0 Å². The van der Waals surface area contributed by atoms with Crippen LogP contribution in [0.4, 0.5) is 0 Å². The fourth-order valence-corrected chi connectivity index (χ4v) is 3.39. The number of hydrogen-bond acceptors (Lipinski definition) is 3. The van der Waals surface area contributed by atoms with Crippen LogP contribution in [0.25, 0.3) is 32.9 Å². The Morgan fingerprint density at radius 3 is 1.76 bits per heavy atom. The lowest BCUT2D eigenvalue weighted by molar-refractivity contribution is 0.475. The second-order valence-corrected chi connectivity index (χ2v) is 7.28. The first-order chi connectivity index (χ1) is 16.3. The van der Waals surface area contributed by atoms with E-state index in [1.165, 1.54) is 21.7 Å². The average Bonchev–Trinajstić information content (AvgIpc) is 2.90. The molecule has 3 nitrogen and oxygen atoms in total. The van der Waals surface area contributed by atoms with E-state index in [2.05, 4.69) is 58.5 Å². The monoisotopic (exact) mass is 428 g/mol. The summed E-state index contributed by atoms with van der Waals surface area (Å²) in [7, 11) is 0. The highest BCUT2D eigenvalue weighted by molar-refractivity contribution is 5.94. The molecule has 0 aliphatic carbocycles. The van der Waals surface area contributed by atoms with Gasteiger partial charge in [-0.3, -0.25) is 9.97 Å². The number of rotatable bonds is 1. The Balaban J connectivity index is 0.000000130. The molecule has 0 aliphatic rings. The molecule has 2 aromatic heterocycles. The fraction of sp³-hybridized carbons (Fsp3) is 0. The van der Waals surface area contributed by atoms with Crippen molar-refractivity contribution in [1.29, 1.82) is 0 Å². The van der Waals surface area contributed by atoms with Gasteiger partial charge in [0.25, 0.3) is 0 Å². The summed E-state index contributed by atoms with van der Waals surface area (Å²) in [5, 5.41) is 12.3. The van der Waals surface area contributed by atoms with Gasteiger partial charge in [0.05, 0.1) is 11.2 Å². The van der Waals surface area contributed by atoms with E-state index in [1.807, 2.05) is 67.0 Å². The first-order valence-electron chi connectivity index (χ1n) is 10.7. The summed E-state index contributed by atoms with van der Waals surface area (Å²) >= 11 is 0. The minimum atomic E-state index is 0.322. The zero-order chi connectivity index (χ0) is 22.7. The molecule has 6 rings (SSSR count). The van der Waals surface area contributed by atoms with E-state index in [1.54, 1.807) is 24.3 Å². The van der Waals surface area contributed by atoms with Crippen molar-refractivity contribution in [2.24, 2.45) is 0 Å². The van der Waals surface area contributed by atoms with Crippen LogP contribution in [0.2, 0.25) is 0 Å². The van der Waals surface area contributed by atoms with E-state index in [4.69, 9.17) is 5.11 Å². The molecule has 0 amide bonds. The van der Waals surface area contributed by atoms with Crippen LogP contribution in [0.1, 0.15) is 0 Å². The van der Waals surface area contributed by atoms with Crippen LogP contribution in [0.15, 0.2) is 140 Å². The third kappa shape index (κ3) is 6.02. The quantitative estimate of drug-likeness (QED) is 0.294. The van der Waals surface area contributed by atoms with E-state index in [9.17, 15) is 0 Å². The Labute approximate surface area is 193 Å². The summed E-state index contributed by atoms with van der Waals surface area (Å²) in [6, 6.07) is 41.5. The van der Waals surface area contributed by atoms with Crippen molar-refractivity contribution < 1.29 is 5.11 Å². The summed E-state index contributed by atoms with van der Waals surface area (Å²) < 4.78 is 0. The zero-order valence-electron chi connectivity index (χ0n) is 18.1. The predicted octanol–water partition coefficient (Wildman–Crippen LogP) is 7.53. The molecule has 0 bridgehead atoms. The third-order valence-corrected chi connectivity index (χ3v) is 4.99. The highest BCUT2D eigenvalue weighted by Gasteiger charge is 2.03. The van der Waals surface area contributed by atoms with Crippen LogP contribution in [0.3, 0.4) is 0 Å². The van der Waals surface area contributed by atoms with E-state index < -0.39 is 0 Å². The van der Waals surface area contributed by atoms with E-state index in [-0.39, 0.29) is 0 Å². The van der Waals surface area contributed by atoms with Crippen LogP contribution >= 0.6 is 0 Å². The molecule has 0 aliphatic heterocycles. The van der Waals surface area contributed by atoms with E-state index in [0.29, 0.717) is 5.75 Å². The van der Waals surface area contributed by atoms with Crippen molar-refractivity contribution >= 4 is 21.7 Å². The molecule has 0 fully saturated rings. The highest BCUT2D eigenvalue weighted by Crippen LogP contribution is 2.25. The lowest BCUT2D eigenvalue weighted by atomic mass is 10.0. The lowest BCUT2D eigenvalue weighted by Gasteiger charge is -2.04. The number of pyridine rings is 2. The second kappa shape index (κ2) is 11.2. The van der Waals surface area contributed by atoms with Gasteiger partial charge in [0.2, 0.25) is 0 Å². The summed E-state index contributed by atoms with van der Waals surface area (Å²) in [4.78, 5) is 8.66. The Kier molecular flexibility index (Phi) is 7.38. The molecule has 1 N–H and O–H groups in total. The number of fused-ring (bicyclic) bond motifs is 2. The summed E-state index contributed by atoms with van der Waals surface area (Å²) in [6.07, 6.45) is 3.67. The lowest BCUT2D eigenvalue weighted by Crippen LogP contribution is -1.84. The maximum Gasteiger partial charge on any atom is 0.115 e. The molecular formula is C30H24N2O. The number of hydrogen-bond donors (Lipinski definition) is 1. The Hall–Kier alpha value is -4.50. The van der Waals surface area contributed by atoms with Crippen LogP contribution in [0.5, 0.6) is 5.75 Å². The topological polar surface area (TPSA) is 46.0 Å². The molecule has 33 heavy (non-hydrogen) atoms. The number of phenolic OH excluding ortho intramolecular Hbond substituents is 1. The molecule has 0 saturated heterocycles. The number of phenols is 1. The van der Waals surface area contributed by atoms with Gasteiger partial charge < -0.3 is 5.11 Å². The van der Waals surface area contributed by atoms with Gasteiger partial charge in [0.1, 0.15) is 5.75 Å². The number of nitrogens with zero attached hydrogens (tertiary/aromatic N) is 2. The molecule has 3 heteroatoms. The van der Waals surface area contributed by atoms with Crippen molar-refractivity contribution in [2.75, 3.05) is 0 Å². The first-order valence-corrected chi connectivity index (χ1v) is 10.7. The second-order valence-electron chi connectivity index (χ2n) is 7.28. The largest absolute Gasteiger partial charge is 0.508 e. The third-order valence-electron chi connectivity index (χ3n) is 4.99. The smallest absolute Gasteiger partial charge is 0.115 e. The fourth-order valence-electron chi connectivity index (χ4n) is 3.39. The average molecular weight is 429 g/mol.